The zero-order chi connectivity index (χ0) is 20.9. The number of rotatable bonds is 7. The van der Waals surface area contributed by atoms with Crippen molar-refractivity contribution < 1.29 is 22.7 Å². The van der Waals surface area contributed by atoms with Crippen molar-refractivity contribution >= 4 is 39.2 Å². The lowest BCUT2D eigenvalue weighted by atomic mass is 10.1. The Bertz CT molecular complexity index is 992. The minimum Gasteiger partial charge on any atom is -0.452 e. The Balaban J connectivity index is 1.91. The van der Waals surface area contributed by atoms with Gasteiger partial charge in [-0.25, -0.2) is 8.42 Å². The molecular formula is C19H21ClN2O5S. The van der Waals surface area contributed by atoms with Gasteiger partial charge >= 0.3 is 5.97 Å². The number of para-hydroxylation sites is 1. The van der Waals surface area contributed by atoms with E-state index in [4.69, 9.17) is 16.3 Å². The zero-order valence-electron chi connectivity index (χ0n) is 15.7. The van der Waals surface area contributed by atoms with Crippen molar-refractivity contribution in [1.82, 2.24) is 4.72 Å². The summed E-state index contributed by atoms with van der Waals surface area (Å²) in [6.45, 7) is 4.44. The van der Waals surface area contributed by atoms with E-state index < -0.39 is 34.5 Å². The number of aryl methyl sites for hydroxylation is 2. The molecule has 9 heteroatoms. The molecule has 0 heterocycles. The average Bonchev–Trinajstić information content (AvgIpc) is 2.64. The number of ether oxygens (including phenoxy) is 1. The van der Waals surface area contributed by atoms with Crippen LogP contribution in [-0.2, 0) is 24.3 Å². The maximum Gasteiger partial charge on any atom is 0.321 e. The molecule has 1 unspecified atom stereocenters. The molecule has 0 spiro atoms. The molecule has 0 bridgehead atoms. The fourth-order valence-electron chi connectivity index (χ4n) is 2.21. The minimum atomic E-state index is -3.87. The number of esters is 1. The lowest BCUT2D eigenvalue weighted by Crippen LogP contribution is -2.35. The van der Waals surface area contributed by atoms with Crippen LogP contribution in [0, 0.1) is 13.8 Å². The largest absolute Gasteiger partial charge is 0.452 e. The van der Waals surface area contributed by atoms with Gasteiger partial charge in [-0.15, -0.1) is 0 Å². The third-order valence-corrected chi connectivity index (χ3v) is 5.73. The number of carbonyl (C=O) groups is 2. The van der Waals surface area contributed by atoms with Crippen LogP contribution in [0.1, 0.15) is 18.1 Å². The van der Waals surface area contributed by atoms with Gasteiger partial charge in [-0.3, -0.25) is 9.59 Å². The van der Waals surface area contributed by atoms with Crippen LogP contribution in [0.15, 0.2) is 47.4 Å². The predicted octanol–water partition coefficient (Wildman–Crippen LogP) is 2.81. The van der Waals surface area contributed by atoms with Crippen LogP contribution in [0.25, 0.3) is 0 Å². The highest BCUT2D eigenvalue weighted by Gasteiger charge is 2.21. The SMILES string of the molecule is Cc1ccc(S(=O)(=O)NCC(=O)OC(C)C(=O)Nc2ccccc2Cl)cc1C. The number of amides is 1. The first-order valence-electron chi connectivity index (χ1n) is 8.42. The highest BCUT2D eigenvalue weighted by Crippen LogP contribution is 2.20. The quantitative estimate of drug-likeness (QED) is 0.665. The molecule has 0 radical (unpaired) electrons. The molecule has 28 heavy (non-hydrogen) atoms. The van der Waals surface area contributed by atoms with Gasteiger partial charge in [0.05, 0.1) is 15.6 Å². The number of nitrogens with one attached hydrogen (secondary N) is 2. The maximum atomic E-state index is 12.3. The van der Waals surface area contributed by atoms with E-state index in [1.54, 1.807) is 37.3 Å². The molecule has 150 valence electrons. The summed E-state index contributed by atoms with van der Waals surface area (Å²) in [4.78, 5) is 24.1. The van der Waals surface area contributed by atoms with E-state index in [0.29, 0.717) is 10.7 Å². The molecule has 0 saturated heterocycles. The molecule has 1 atom stereocenters. The summed E-state index contributed by atoms with van der Waals surface area (Å²) in [6, 6.07) is 11.3. The van der Waals surface area contributed by atoms with Gasteiger partial charge in [0.1, 0.15) is 6.54 Å². The number of halogens is 1. The van der Waals surface area contributed by atoms with Crippen LogP contribution in [0.5, 0.6) is 0 Å². The van der Waals surface area contributed by atoms with Gasteiger partial charge in [0, 0.05) is 0 Å². The van der Waals surface area contributed by atoms with E-state index in [0.717, 1.165) is 11.1 Å². The first-order chi connectivity index (χ1) is 13.1. The monoisotopic (exact) mass is 424 g/mol. The van der Waals surface area contributed by atoms with Crippen molar-refractivity contribution in [3.8, 4) is 0 Å². The maximum absolute atomic E-state index is 12.3. The van der Waals surface area contributed by atoms with Crippen molar-refractivity contribution in [2.45, 2.75) is 31.8 Å². The third-order valence-electron chi connectivity index (χ3n) is 4.00. The van der Waals surface area contributed by atoms with Gasteiger partial charge in [0.2, 0.25) is 10.0 Å². The summed E-state index contributed by atoms with van der Waals surface area (Å²) in [7, 11) is -3.87. The second kappa shape index (κ2) is 9.18. The molecule has 7 nitrogen and oxygen atoms in total. The Kier molecular flexibility index (Phi) is 7.17. The summed E-state index contributed by atoms with van der Waals surface area (Å²) < 4.78 is 31.7. The van der Waals surface area contributed by atoms with Crippen molar-refractivity contribution in [2.75, 3.05) is 11.9 Å². The molecule has 2 rings (SSSR count). The Morgan fingerprint density at radius 2 is 1.79 bits per heavy atom. The first kappa shape index (κ1) is 21.9. The summed E-state index contributed by atoms with van der Waals surface area (Å²) in [5.41, 5.74) is 2.15. The number of carbonyl (C=O) groups excluding carboxylic acids is 2. The van der Waals surface area contributed by atoms with Crippen LogP contribution in [0.2, 0.25) is 5.02 Å². The van der Waals surface area contributed by atoms with E-state index in [2.05, 4.69) is 10.0 Å². The van der Waals surface area contributed by atoms with Crippen molar-refractivity contribution in [1.29, 1.82) is 0 Å². The van der Waals surface area contributed by atoms with E-state index in [1.807, 2.05) is 6.92 Å². The highest BCUT2D eigenvalue weighted by atomic mass is 35.5. The van der Waals surface area contributed by atoms with Gasteiger partial charge in [-0.05, 0) is 56.2 Å². The first-order valence-corrected chi connectivity index (χ1v) is 10.3. The smallest absolute Gasteiger partial charge is 0.321 e. The van der Waals surface area contributed by atoms with Gasteiger partial charge in [-0.2, -0.15) is 4.72 Å². The molecule has 0 aliphatic heterocycles. The van der Waals surface area contributed by atoms with Gasteiger partial charge in [-0.1, -0.05) is 29.8 Å². The average molecular weight is 425 g/mol. The highest BCUT2D eigenvalue weighted by molar-refractivity contribution is 7.89. The molecule has 0 aliphatic rings. The minimum absolute atomic E-state index is 0.0490. The number of benzene rings is 2. The van der Waals surface area contributed by atoms with E-state index in [9.17, 15) is 18.0 Å². The van der Waals surface area contributed by atoms with E-state index >= 15 is 0 Å². The Hall–Kier alpha value is -2.42. The lowest BCUT2D eigenvalue weighted by Gasteiger charge is -2.14. The number of hydrogen-bond acceptors (Lipinski definition) is 5. The van der Waals surface area contributed by atoms with Crippen molar-refractivity contribution in [3.63, 3.8) is 0 Å². The summed E-state index contributed by atoms with van der Waals surface area (Å²) in [6.07, 6.45) is -1.13. The fraction of sp³-hybridized carbons (Fsp3) is 0.263. The topological polar surface area (TPSA) is 102 Å². The standard InChI is InChI=1S/C19H21ClN2O5S/c1-12-8-9-15(10-13(12)2)28(25,26)21-11-18(23)27-14(3)19(24)22-17-7-5-4-6-16(17)20/h4-10,14,21H,11H2,1-3H3,(H,22,24). The van der Waals surface area contributed by atoms with Crippen LogP contribution in [0.3, 0.4) is 0 Å². The van der Waals surface area contributed by atoms with E-state index in [1.165, 1.54) is 19.1 Å². The van der Waals surface area contributed by atoms with Crippen molar-refractivity contribution in [2.24, 2.45) is 0 Å². The summed E-state index contributed by atoms with van der Waals surface area (Å²) in [5, 5.41) is 2.88. The number of hydrogen-bond donors (Lipinski definition) is 2. The molecule has 2 aromatic carbocycles. The molecule has 2 aromatic rings. The summed E-state index contributed by atoms with van der Waals surface area (Å²) >= 11 is 5.96. The number of anilines is 1. The Labute approximate surface area is 169 Å². The molecular weight excluding hydrogens is 404 g/mol. The van der Waals surface area contributed by atoms with Gasteiger partial charge < -0.3 is 10.1 Å². The molecule has 0 aromatic heterocycles. The second-order valence-electron chi connectivity index (χ2n) is 6.17. The third kappa shape index (κ3) is 5.79. The zero-order valence-corrected chi connectivity index (χ0v) is 17.2. The van der Waals surface area contributed by atoms with Crippen molar-refractivity contribution in [3.05, 3.63) is 58.6 Å². The Morgan fingerprint density at radius 1 is 1.11 bits per heavy atom. The predicted molar refractivity (Wildman–Crippen MR) is 107 cm³/mol. The second-order valence-corrected chi connectivity index (χ2v) is 8.35. The van der Waals surface area contributed by atoms with Crippen LogP contribution in [-0.4, -0.2) is 32.9 Å². The molecule has 2 N–H and O–H groups in total. The van der Waals surface area contributed by atoms with Gasteiger partial charge in [0.15, 0.2) is 6.10 Å². The molecule has 0 saturated carbocycles. The van der Waals surface area contributed by atoms with Crippen LogP contribution < -0.4 is 10.0 Å². The molecule has 1 amide bonds. The van der Waals surface area contributed by atoms with Crippen LogP contribution in [0.4, 0.5) is 5.69 Å². The molecule has 0 aliphatic carbocycles. The number of sulfonamides is 1. The summed E-state index contributed by atoms with van der Waals surface area (Å²) in [5.74, 6) is -1.47. The van der Waals surface area contributed by atoms with Gasteiger partial charge in [0.25, 0.3) is 5.91 Å². The Morgan fingerprint density at radius 3 is 2.43 bits per heavy atom. The normalized spacial score (nSPS) is 12.3. The molecule has 0 fully saturated rings. The van der Waals surface area contributed by atoms with E-state index in [-0.39, 0.29) is 4.90 Å². The lowest BCUT2D eigenvalue weighted by molar-refractivity contribution is -0.151. The van der Waals surface area contributed by atoms with Crippen LogP contribution >= 0.6 is 11.6 Å². The fourth-order valence-corrected chi connectivity index (χ4v) is 3.44.